The smallest absolute Gasteiger partial charge is 0.158 e. The van der Waals surface area contributed by atoms with Crippen LogP contribution in [0.1, 0.15) is 5.69 Å². The third kappa shape index (κ3) is 1.25. The summed E-state index contributed by atoms with van der Waals surface area (Å²) >= 11 is 0. The zero-order valence-electron chi connectivity index (χ0n) is 7.31. The average molecular weight is 191 g/mol. The molecule has 0 bridgehead atoms. The van der Waals surface area contributed by atoms with Crippen molar-refractivity contribution in [3.8, 4) is 11.5 Å². The van der Waals surface area contributed by atoms with Crippen molar-refractivity contribution in [1.29, 1.82) is 0 Å². The number of aliphatic hydroxyl groups excluding tert-OH is 1. The maximum absolute atomic E-state index is 9.28. The fraction of sp³-hybridized carbons (Fsp3) is 0.100. The number of fused-ring (bicyclic) bond motifs is 1. The second kappa shape index (κ2) is 3.16. The summed E-state index contributed by atoms with van der Waals surface area (Å²) in [6, 6.07) is 4.53. The Labute approximate surface area is 80.1 Å². The van der Waals surface area contributed by atoms with Crippen LogP contribution in [-0.4, -0.2) is 20.3 Å². The number of hydrogen-bond donors (Lipinski definition) is 3. The van der Waals surface area contributed by atoms with Gasteiger partial charge in [-0.25, -0.2) is 0 Å². The number of aliphatic hydroxyl groups is 1. The van der Waals surface area contributed by atoms with Crippen molar-refractivity contribution in [2.24, 2.45) is 0 Å². The van der Waals surface area contributed by atoms with Crippen molar-refractivity contribution in [2.45, 2.75) is 6.61 Å². The fourth-order valence-corrected chi connectivity index (χ4v) is 1.38. The lowest BCUT2D eigenvalue weighted by molar-refractivity contribution is 0.278. The van der Waals surface area contributed by atoms with E-state index < -0.39 is 0 Å². The quantitative estimate of drug-likeness (QED) is 0.591. The van der Waals surface area contributed by atoms with Crippen molar-refractivity contribution in [3.05, 3.63) is 30.1 Å². The summed E-state index contributed by atoms with van der Waals surface area (Å²) in [6.45, 7) is -0.193. The third-order valence-electron chi connectivity index (χ3n) is 2.09. The maximum Gasteiger partial charge on any atom is 0.158 e. The highest BCUT2D eigenvalue weighted by Crippen LogP contribution is 2.30. The van der Waals surface area contributed by atoms with Crippen molar-refractivity contribution >= 4 is 10.8 Å². The summed E-state index contributed by atoms with van der Waals surface area (Å²) in [6.07, 6.45) is 1.55. The van der Waals surface area contributed by atoms with Crippen LogP contribution in [-0.2, 0) is 6.61 Å². The molecule has 2 rings (SSSR count). The van der Waals surface area contributed by atoms with E-state index in [0.29, 0.717) is 11.1 Å². The highest BCUT2D eigenvalue weighted by molar-refractivity contribution is 5.87. The number of pyridine rings is 1. The van der Waals surface area contributed by atoms with E-state index in [1.807, 2.05) is 0 Å². The van der Waals surface area contributed by atoms with Crippen LogP contribution in [0.3, 0.4) is 0 Å². The van der Waals surface area contributed by atoms with E-state index in [9.17, 15) is 10.2 Å². The molecule has 4 heteroatoms. The van der Waals surface area contributed by atoms with Gasteiger partial charge in [0.25, 0.3) is 0 Å². The molecule has 4 nitrogen and oxygen atoms in total. The molecule has 0 aliphatic rings. The molecule has 1 aromatic carbocycles. The molecule has 0 radical (unpaired) electrons. The van der Waals surface area contributed by atoms with E-state index >= 15 is 0 Å². The summed E-state index contributed by atoms with van der Waals surface area (Å²) in [5, 5.41) is 28.9. The van der Waals surface area contributed by atoms with Gasteiger partial charge in [0.05, 0.1) is 12.3 Å². The molecule has 14 heavy (non-hydrogen) atoms. The predicted octanol–water partition coefficient (Wildman–Crippen LogP) is 1.14. The van der Waals surface area contributed by atoms with Crippen LogP contribution in [0.4, 0.5) is 0 Å². The van der Waals surface area contributed by atoms with E-state index in [4.69, 9.17) is 5.11 Å². The van der Waals surface area contributed by atoms with Crippen LogP contribution < -0.4 is 0 Å². The first-order chi connectivity index (χ1) is 6.72. The molecule has 0 unspecified atom stereocenters. The summed E-state index contributed by atoms with van der Waals surface area (Å²) in [5.41, 5.74) is 0.484. The van der Waals surface area contributed by atoms with Gasteiger partial charge in [-0.05, 0) is 23.6 Å². The van der Waals surface area contributed by atoms with Crippen LogP contribution in [0.15, 0.2) is 24.4 Å². The van der Waals surface area contributed by atoms with Gasteiger partial charge in [-0.15, -0.1) is 0 Å². The third-order valence-corrected chi connectivity index (χ3v) is 2.09. The zero-order chi connectivity index (χ0) is 10.1. The minimum Gasteiger partial charge on any atom is -0.504 e. The van der Waals surface area contributed by atoms with E-state index in [0.717, 1.165) is 5.39 Å². The van der Waals surface area contributed by atoms with E-state index in [1.165, 1.54) is 12.1 Å². The molecule has 72 valence electrons. The van der Waals surface area contributed by atoms with Crippen LogP contribution in [0.25, 0.3) is 10.8 Å². The van der Waals surface area contributed by atoms with Gasteiger partial charge >= 0.3 is 0 Å². The van der Waals surface area contributed by atoms with Gasteiger partial charge in [0.2, 0.25) is 0 Å². The van der Waals surface area contributed by atoms with E-state index in [2.05, 4.69) is 4.98 Å². The molecule has 0 saturated heterocycles. The summed E-state index contributed by atoms with van der Waals surface area (Å²) < 4.78 is 0. The highest BCUT2D eigenvalue weighted by Gasteiger charge is 2.05. The molecule has 0 atom stereocenters. The highest BCUT2D eigenvalue weighted by atomic mass is 16.3. The molecule has 0 amide bonds. The number of nitrogens with zero attached hydrogens (tertiary/aromatic N) is 1. The normalized spacial score (nSPS) is 10.6. The van der Waals surface area contributed by atoms with Crippen LogP contribution in [0.5, 0.6) is 11.5 Å². The fourth-order valence-electron chi connectivity index (χ4n) is 1.38. The number of rotatable bonds is 1. The Morgan fingerprint density at radius 2 is 1.86 bits per heavy atom. The topological polar surface area (TPSA) is 73.6 Å². The second-order valence-corrected chi connectivity index (χ2v) is 2.98. The standard InChI is InChI=1S/C10H9NO3/c12-5-8-7-4-10(14)9(13)3-6(7)1-2-11-8/h1-4,12-14H,5H2. The summed E-state index contributed by atoms with van der Waals surface area (Å²) in [7, 11) is 0. The first kappa shape index (κ1) is 8.77. The average Bonchev–Trinajstić information content (AvgIpc) is 2.19. The number of phenols is 2. The van der Waals surface area contributed by atoms with Crippen molar-refractivity contribution in [3.63, 3.8) is 0 Å². The lowest BCUT2D eigenvalue weighted by Gasteiger charge is -2.04. The number of phenolic OH excluding ortho intramolecular Hbond substituents is 2. The molecule has 3 N–H and O–H groups in total. The molecule has 1 heterocycles. The first-order valence-corrected chi connectivity index (χ1v) is 4.13. The Balaban J connectivity index is 2.81. The van der Waals surface area contributed by atoms with Gasteiger partial charge in [-0.2, -0.15) is 0 Å². The molecule has 2 aromatic rings. The number of aromatic hydroxyl groups is 2. The summed E-state index contributed by atoms with van der Waals surface area (Å²) in [4.78, 5) is 3.95. The van der Waals surface area contributed by atoms with Gasteiger partial charge in [-0.3, -0.25) is 4.98 Å². The van der Waals surface area contributed by atoms with Crippen LogP contribution in [0, 0.1) is 0 Å². The minimum atomic E-state index is -0.208. The molecular weight excluding hydrogens is 182 g/mol. The zero-order valence-corrected chi connectivity index (χ0v) is 7.31. The first-order valence-electron chi connectivity index (χ1n) is 4.13. The summed E-state index contributed by atoms with van der Waals surface area (Å²) in [5.74, 6) is -0.382. The molecular formula is C10H9NO3. The Bertz CT molecular complexity index is 482. The largest absolute Gasteiger partial charge is 0.504 e. The lowest BCUT2D eigenvalue weighted by Crippen LogP contribution is -1.90. The minimum absolute atomic E-state index is 0.174. The lowest BCUT2D eigenvalue weighted by atomic mass is 10.1. The molecule has 0 fully saturated rings. The Morgan fingerprint density at radius 3 is 2.57 bits per heavy atom. The Hall–Kier alpha value is -1.81. The predicted molar refractivity (Wildman–Crippen MR) is 51.0 cm³/mol. The van der Waals surface area contributed by atoms with Crippen molar-refractivity contribution < 1.29 is 15.3 Å². The van der Waals surface area contributed by atoms with Gasteiger partial charge in [0.1, 0.15) is 0 Å². The van der Waals surface area contributed by atoms with E-state index in [1.54, 1.807) is 12.3 Å². The molecule has 0 spiro atoms. The monoisotopic (exact) mass is 191 g/mol. The van der Waals surface area contributed by atoms with Crippen LogP contribution >= 0.6 is 0 Å². The molecule has 0 saturated carbocycles. The van der Waals surface area contributed by atoms with Gasteiger partial charge < -0.3 is 15.3 Å². The van der Waals surface area contributed by atoms with Crippen LogP contribution in [0.2, 0.25) is 0 Å². The Kier molecular flexibility index (Phi) is 1.98. The number of benzene rings is 1. The molecule has 0 aliphatic carbocycles. The Morgan fingerprint density at radius 1 is 1.14 bits per heavy atom. The molecule has 1 aromatic heterocycles. The molecule has 0 aliphatic heterocycles. The van der Waals surface area contributed by atoms with Gasteiger partial charge in [0, 0.05) is 11.6 Å². The van der Waals surface area contributed by atoms with E-state index in [-0.39, 0.29) is 18.1 Å². The second-order valence-electron chi connectivity index (χ2n) is 2.98. The van der Waals surface area contributed by atoms with Crippen molar-refractivity contribution in [1.82, 2.24) is 4.98 Å². The van der Waals surface area contributed by atoms with Gasteiger partial charge in [0.15, 0.2) is 11.5 Å². The van der Waals surface area contributed by atoms with Gasteiger partial charge in [-0.1, -0.05) is 0 Å². The maximum atomic E-state index is 9.28. The van der Waals surface area contributed by atoms with Crippen molar-refractivity contribution in [2.75, 3.05) is 0 Å². The number of hydrogen-bond acceptors (Lipinski definition) is 4. The number of aromatic nitrogens is 1. The SMILES string of the molecule is OCc1nccc2cc(O)c(O)cc12.